The number of hydrogen-bond donors (Lipinski definition) is 1. The highest BCUT2D eigenvalue weighted by molar-refractivity contribution is 9.10. The molecule has 2 aromatic carbocycles. The van der Waals surface area contributed by atoms with Gasteiger partial charge in [0.1, 0.15) is 0 Å². The predicted molar refractivity (Wildman–Crippen MR) is 79.6 cm³/mol. The second-order valence-electron chi connectivity index (χ2n) is 4.53. The monoisotopic (exact) mass is 291 g/mol. The summed E-state index contributed by atoms with van der Waals surface area (Å²) in [6.45, 7) is 5.53. The molecule has 0 bridgehead atoms. The molecule has 2 aromatic rings. The summed E-state index contributed by atoms with van der Waals surface area (Å²) in [7, 11) is 0. The zero-order valence-corrected chi connectivity index (χ0v) is 11.9. The fraction of sp³-hybridized carbons (Fsp3) is 0.333. The van der Waals surface area contributed by atoms with Gasteiger partial charge in [-0.3, -0.25) is 0 Å². The van der Waals surface area contributed by atoms with Crippen molar-refractivity contribution in [2.24, 2.45) is 5.92 Å². The summed E-state index contributed by atoms with van der Waals surface area (Å²) in [5.74, 6) is 0.706. The topological polar surface area (TPSA) is 12.0 Å². The molecule has 0 aromatic heterocycles. The van der Waals surface area contributed by atoms with E-state index in [-0.39, 0.29) is 0 Å². The highest BCUT2D eigenvalue weighted by atomic mass is 79.9. The first-order valence-corrected chi connectivity index (χ1v) is 6.92. The van der Waals surface area contributed by atoms with Crippen LogP contribution in [0.1, 0.15) is 20.3 Å². The van der Waals surface area contributed by atoms with E-state index in [1.807, 2.05) is 0 Å². The van der Waals surface area contributed by atoms with E-state index in [0.717, 1.165) is 11.0 Å². The number of anilines is 1. The van der Waals surface area contributed by atoms with Crippen molar-refractivity contribution in [1.82, 2.24) is 0 Å². The minimum absolute atomic E-state index is 0.706. The van der Waals surface area contributed by atoms with E-state index in [2.05, 4.69) is 71.5 Å². The van der Waals surface area contributed by atoms with Gasteiger partial charge >= 0.3 is 0 Å². The average molecular weight is 292 g/mol. The Kier molecular flexibility index (Phi) is 4.06. The van der Waals surface area contributed by atoms with Gasteiger partial charge in [-0.2, -0.15) is 0 Å². The lowest BCUT2D eigenvalue weighted by molar-refractivity contribution is 0.594. The van der Waals surface area contributed by atoms with Crippen LogP contribution in [0.5, 0.6) is 0 Å². The van der Waals surface area contributed by atoms with Gasteiger partial charge in [0.2, 0.25) is 0 Å². The molecular formula is C15H18BrN. The van der Waals surface area contributed by atoms with Crippen molar-refractivity contribution >= 4 is 32.4 Å². The van der Waals surface area contributed by atoms with E-state index < -0.39 is 0 Å². The fourth-order valence-corrected chi connectivity index (χ4v) is 2.32. The summed E-state index contributed by atoms with van der Waals surface area (Å²) in [5, 5.41) is 6.09. The van der Waals surface area contributed by atoms with Gasteiger partial charge < -0.3 is 5.32 Å². The van der Waals surface area contributed by atoms with Crippen molar-refractivity contribution in [3.8, 4) is 0 Å². The quantitative estimate of drug-likeness (QED) is 0.830. The number of nitrogens with one attached hydrogen (secondary N) is 1. The van der Waals surface area contributed by atoms with E-state index in [0.29, 0.717) is 5.92 Å². The number of benzene rings is 2. The largest absolute Gasteiger partial charge is 0.384 e. The molecule has 2 heteroatoms. The van der Waals surface area contributed by atoms with Crippen LogP contribution in [0, 0.1) is 5.92 Å². The first-order valence-electron chi connectivity index (χ1n) is 6.13. The molecule has 17 heavy (non-hydrogen) atoms. The van der Waals surface area contributed by atoms with Crippen molar-refractivity contribution in [3.05, 3.63) is 40.9 Å². The van der Waals surface area contributed by atoms with Crippen molar-refractivity contribution < 1.29 is 0 Å². The Morgan fingerprint density at radius 1 is 1.12 bits per heavy atom. The fourth-order valence-electron chi connectivity index (χ4n) is 1.84. The van der Waals surface area contributed by atoms with Crippen molar-refractivity contribution in [2.75, 3.05) is 11.9 Å². The zero-order valence-electron chi connectivity index (χ0n) is 10.3. The van der Waals surface area contributed by atoms with Crippen LogP contribution in [0.15, 0.2) is 40.9 Å². The third-order valence-electron chi connectivity index (χ3n) is 3.21. The summed E-state index contributed by atoms with van der Waals surface area (Å²) in [5.41, 5.74) is 1.23. The maximum absolute atomic E-state index is 3.60. The van der Waals surface area contributed by atoms with Crippen LogP contribution in [0.4, 0.5) is 5.69 Å². The molecule has 2 rings (SSSR count). The molecule has 1 unspecified atom stereocenters. The van der Waals surface area contributed by atoms with E-state index in [1.54, 1.807) is 0 Å². The number of hydrogen-bond acceptors (Lipinski definition) is 1. The van der Waals surface area contributed by atoms with E-state index in [1.165, 1.54) is 22.9 Å². The van der Waals surface area contributed by atoms with E-state index >= 15 is 0 Å². The Balaban J connectivity index is 2.32. The van der Waals surface area contributed by atoms with Gasteiger partial charge in [0.05, 0.1) is 0 Å². The third kappa shape index (κ3) is 2.81. The van der Waals surface area contributed by atoms with Gasteiger partial charge in [0.15, 0.2) is 0 Å². The molecule has 0 aliphatic carbocycles. The summed E-state index contributed by atoms with van der Waals surface area (Å²) >= 11 is 3.60. The Morgan fingerprint density at radius 2 is 1.82 bits per heavy atom. The molecule has 0 radical (unpaired) electrons. The molecule has 1 atom stereocenters. The van der Waals surface area contributed by atoms with Crippen LogP contribution in [-0.4, -0.2) is 6.54 Å². The Hall–Kier alpha value is -1.02. The lowest BCUT2D eigenvalue weighted by atomic mass is 10.1. The minimum Gasteiger partial charge on any atom is -0.384 e. The van der Waals surface area contributed by atoms with Crippen LogP contribution in [0.2, 0.25) is 0 Å². The maximum Gasteiger partial charge on any atom is 0.0420 e. The second-order valence-corrected chi connectivity index (χ2v) is 5.39. The number of halogens is 1. The summed E-state index contributed by atoms with van der Waals surface area (Å²) < 4.78 is 1.15. The number of fused-ring (bicyclic) bond motifs is 1. The van der Waals surface area contributed by atoms with Gasteiger partial charge in [-0.25, -0.2) is 0 Å². The molecule has 0 fully saturated rings. The second kappa shape index (κ2) is 5.54. The molecule has 0 saturated heterocycles. The SMILES string of the molecule is CCC(C)CNc1ccc(Br)c2ccccc12. The van der Waals surface area contributed by atoms with Crippen molar-refractivity contribution in [3.63, 3.8) is 0 Å². The van der Waals surface area contributed by atoms with Crippen LogP contribution in [0.3, 0.4) is 0 Å². The van der Waals surface area contributed by atoms with E-state index in [9.17, 15) is 0 Å². The standard InChI is InChI=1S/C15H18BrN/c1-3-11(2)10-17-15-9-8-14(16)12-6-4-5-7-13(12)15/h4-9,11,17H,3,10H2,1-2H3. The lowest BCUT2D eigenvalue weighted by Crippen LogP contribution is -2.10. The first-order chi connectivity index (χ1) is 8.22. The summed E-state index contributed by atoms with van der Waals surface area (Å²) in [6.07, 6.45) is 1.21. The summed E-state index contributed by atoms with van der Waals surface area (Å²) in [6, 6.07) is 12.7. The van der Waals surface area contributed by atoms with Gasteiger partial charge in [0.25, 0.3) is 0 Å². The molecule has 0 heterocycles. The van der Waals surface area contributed by atoms with E-state index in [4.69, 9.17) is 0 Å². The molecular weight excluding hydrogens is 274 g/mol. The van der Waals surface area contributed by atoms with Crippen LogP contribution >= 0.6 is 15.9 Å². The highest BCUT2D eigenvalue weighted by Gasteiger charge is 2.04. The minimum atomic E-state index is 0.706. The normalized spacial score (nSPS) is 12.6. The molecule has 0 aliphatic rings. The van der Waals surface area contributed by atoms with Crippen LogP contribution in [0.25, 0.3) is 10.8 Å². The maximum atomic E-state index is 3.60. The Morgan fingerprint density at radius 3 is 2.53 bits per heavy atom. The van der Waals surface area contributed by atoms with Gasteiger partial charge in [-0.05, 0) is 23.4 Å². The third-order valence-corrected chi connectivity index (χ3v) is 3.90. The van der Waals surface area contributed by atoms with Gasteiger partial charge in [-0.1, -0.05) is 60.5 Å². The molecule has 0 saturated carbocycles. The zero-order chi connectivity index (χ0) is 12.3. The summed E-state index contributed by atoms with van der Waals surface area (Å²) in [4.78, 5) is 0. The highest BCUT2D eigenvalue weighted by Crippen LogP contribution is 2.30. The Labute approximate surface area is 111 Å². The first kappa shape index (κ1) is 12.4. The van der Waals surface area contributed by atoms with Crippen molar-refractivity contribution in [1.29, 1.82) is 0 Å². The van der Waals surface area contributed by atoms with Crippen LogP contribution in [-0.2, 0) is 0 Å². The van der Waals surface area contributed by atoms with Gasteiger partial charge in [-0.15, -0.1) is 0 Å². The predicted octanol–water partition coefficient (Wildman–Crippen LogP) is 5.06. The van der Waals surface area contributed by atoms with Crippen LogP contribution < -0.4 is 5.32 Å². The molecule has 0 amide bonds. The average Bonchev–Trinajstić information content (AvgIpc) is 2.38. The number of rotatable bonds is 4. The molecule has 1 nitrogen and oxygen atoms in total. The van der Waals surface area contributed by atoms with Crippen molar-refractivity contribution in [2.45, 2.75) is 20.3 Å². The molecule has 90 valence electrons. The smallest absolute Gasteiger partial charge is 0.0420 e. The van der Waals surface area contributed by atoms with Gasteiger partial charge in [0, 0.05) is 22.1 Å². The molecule has 0 aliphatic heterocycles. The lowest BCUT2D eigenvalue weighted by Gasteiger charge is -2.14. The molecule has 0 spiro atoms. The molecule has 1 N–H and O–H groups in total. The Bertz CT molecular complexity index is 507.